The van der Waals surface area contributed by atoms with Crippen molar-refractivity contribution in [1.29, 1.82) is 0 Å². The lowest BCUT2D eigenvalue weighted by Gasteiger charge is -2.32. The highest BCUT2D eigenvalue weighted by atomic mass is 19.1. The number of ether oxygens (including phenoxy) is 2. The Morgan fingerprint density at radius 2 is 1.87 bits per heavy atom. The summed E-state index contributed by atoms with van der Waals surface area (Å²) in [7, 11) is 1.77. The number of hydrogen-bond acceptors (Lipinski definition) is 4. The molecule has 1 fully saturated rings. The first-order valence-corrected chi connectivity index (χ1v) is 11.0. The number of fused-ring (bicyclic) bond motifs is 1. The van der Waals surface area contributed by atoms with Crippen LogP contribution in [0.15, 0.2) is 47.5 Å². The summed E-state index contributed by atoms with van der Waals surface area (Å²) < 4.78 is 25.3. The molecule has 4 rings (SSSR count). The van der Waals surface area contributed by atoms with Gasteiger partial charge in [-0.1, -0.05) is 18.2 Å². The van der Waals surface area contributed by atoms with Crippen molar-refractivity contribution in [2.45, 2.75) is 25.8 Å². The number of benzene rings is 2. The van der Waals surface area contributed by atoms with Crippen molar-refractivity contribution >= 4 is 11.6 Å². The Morgan fingerprint density at radius 3 is 2.65 bits per heavy atom. The van der Waals surface area contributed by atoms with Crippen molar-refractivity contribution in [3.63, 3.8) is 0 Å². The molecule has 1 saturated heterocycles. The van der Waals surface area contributed by atoms with Gasteiger partial charge in [0.1, 0.15) is 5.82 Å². The van der Waals surface area contributed by atoms with E-state index in [4.69, 9.17) is 9.47 Å². The molecule has 0 saturated carbocycles. The molecule has 0 radical (unpaired) electrons. The van der Waals surface area contributed by atoms with Gasteiger partial charge in [0, 0.05) is 43.9 Å². The molecule has 0 aliphatic carbocycles. The second-order valence-electron chi connectivity index (χ2n) is 8.10. The highest BCUT2D eigenvalue weighted by molar-refractivity contribution is 5.93. The van der Waals surface area contributed by atoms with Gasteiger partial charge in [-0.05, 0) is 50.0 Å². The minimum absolute atomic E-state index is 0.115. The van der Waals surface area contributed by atoms with Crippen LogP contribution < -0.4 is 20.1 Å². The van der Waals surface area contributed by atoms with Gasteiger partial charge >= 0.3 is 0 Å². The Kier molecular flexibility index (Phi) is 7.25. The SMILES string of the molecule is CN=C(NCC1CCN(Cc2ccccc2F)CC1)Nc1ccc2c(c1)OCCCO2. The molecule has 7 heteroatoms. The number of nitrogens with zero attached hydrogens (tertiary/aromatic N) is 2. The highest BCUT2D eigenvalue weighted by Gasteiger charge is 2.20. The van der Waals surface area contributed by atoms with Crippen molar-refractivity contribution < 1.29 is 13.9 Å². The molecule has 2 aliphatic rings. The molecule has 0 unspecified atom stereocenters. The van der Waals surface area contributed by atoms with Crippen LogP contribution in [0.2, 0.25) is 0 Å². The number of anilines is 1. The summed E-state index contributed by atoms with van der Waals surface area (Å²) in [6.07, 6.45) is 3.06. The van der Waals surface area contributed by atoms with E-state index in [0.29, 0.717) is 25.7 Å². The van der Waals surface area contributed by atoms with Crippen molar-refractivity contribution in [3.05, 3.63) is 53.8 Å². The van der Waals surface area contributed by atoms with Gasteiger partial charge < -0.3 is 20.1 Å². The zero-order valence-electron chi connectivity index (χ0n) is 18.1. The molecule has 2 N–H and O–H groups in total. The molecule has 2 heterocycles. The Balaban J connectivity index is 1.23. The summed E-state index contributed by atoms with van der Waals surface area (Å²) in [4.78, 5) is 6.68. The van der Waals surface area contributed by atoms with E-state index >= 15 is 0 Å². The molecular weight excluding hydrogens is 395 g/mol. The average molecular weight is 427 g/mol. The van der Waals surface area contributed by atoms with E-state index in [-0.39, 0.29) is 5.82 Å². The minimum Gasteiger partial charge on any atom is -0.490 e. The van der Waals surface area contributed by atoms with Crippen LogP contribution in [0.4, 0.5) is 10.1 Å². The van der Waals surface area contributed by atoms with Crippen LogP contribution in [0.25, 0.3) is 0 Å². The lowest BCUT2D eigenvalue weighted by Crippen LogP contribution is -2.40. The third-order valence-corrected chi connectivity index (χ3v) is 5.85. The number of aliphatic imine (C=N–C) groups is 1. The van der Waals surface area contributed by atoms with Crippen LogP contribution in [0.5, 0.6) is 11.5 Å². The molecule has 0 bridgehead atoms. The maximum absolute atomic E-state index is 13.9. The number of piperidine rings is 1. The van der Waals surface area contributed by atoms with Gasteiger partial charge in [0.2, 0.25) is 0 Å². The molecule has 0 atom stereocenters. The van der Waals surface area contributed by atoms with Crippen molar-refractivity contribution in [2.75, 3.05) is 45.2 Å². The van der Waals surface area contributed by atoms with E-state index in [1.165, 1.54) is 6.07 Å². The molecule has 2 aromatic carbocycles. The molecule has 2 aromatic rings. The number of guanidine groups is 1. The van der Waals surface area contributed by atoms with E-state index in [1.54, 1.807) is 13.1 Å². The molecular formula is C24H31FN4O2. The van der Waals surface area contributed by atoms with Crippen molar-refractivity contribution in [2.24, 2.45) is 10.9 Å². The van der Waals surface area contributed by atoms with Gasteiger partial charge in [-0.2, -0.15) is 0 Å². The first kappa shape index (κ1) is 21.4. The second-order valence-corrected chi connectivity index (χ2v) is 8.10. The Hall–Kier alpha value is -2.80. The van der Waals surface area contributed by atoms with Crippen molar-refractivity contribution in [1.82, 2.24) is 10.2 Å². The monoisotopic (exact) mass is 426 g/mol. The van der Waals surface area contributed by atoms with E-state index in [0.717, 1.165) is 67.6 Å². The third kappa shape index (κ3) is 5.88. The molecule has 31 heavy (non-hydrogen) atoms. The largest absolute Gasteiger partial charge is 0.490 e. The number of hydrogen-bond donors (Lipinski definition) is 2. The van der Waals surface area contributed by atoms with E-state index in [9.17, 15) is 4.39 Å². The lowest BCUT2D eigenvalue weighted by molar-refractivity contribution is 0.176. The normalized spacial score (nSPS) is 17.8. The molecule has 6 nitrogen and oxygen atoms in total. The first-order valence-electron chi connectivity index (χ1n) is 11.0. The zero-order chi connectivity index (χ0) is 21.5. The summed E-state index contributed by atoms with van der Waals surface area (Å²) in [5.41, 5.74) is 1.69. The summed E-state index contributed by atoms with van der Waals surface area (Å²) in [5.74, 6) is 2.74. The minimum atomic E-state index is -0.115. The van der Waals surface area contributed by atoms with Crippen LogP contribution in [0.3, 0.4) is 0 Å². The fourth-order valence-electron chi connectivity index (χ4n) is 4.01. The highest BCUT2D eigenvalue weighted by Crippen LogP contribution is 2.32. The topological polar surface area (TPSA) is 58.1 Å². The number of rotatable bonds is 5. The van der Waals surface area contributed by atoms with Crippen LogP contribution in [-0.2, 0) is 6.54 Å². The summed E-state index contributed by atoms with van der Waals surface area (Å²) in [6, 6.07) is 12.9. The molecule has 166 valence electrons. The summed E-state index contributed by atoms with van der Waals surface area (Å²) >= 11 is 0. The quantitative estimate of drug-likeness (QED) is 0.561. The zero-order valence-corrected chi connectivity index (χ0v) is 18.1. The van der Waals surface area contributed by atoms with Gasteiger partial charge in [0.05, 0.1) is 13.2 Å². The second kappa shape index (κ2) is 10.5. The van der Waals surface area contributed by atoms with Crippen LogP contribution in [0, 0.1) is 11.7 Å². The number of halogens is 1. The molecule has 0 spiro atoms. The Bertz CT molecular complexity index is 897. The van der Waals surface area contributed by atoms with Crippen LogP contribution >= 0.6 is 0 Å². The molecule has 0 aromatic heterocycles. The first-order chi connectivity index (χ1) is 15.2. The maximum Gasteiger partial charge on any atom is 0.195 e. The van der Waals surface area contributed by atoms with E-state index in [2.05, 4.69) is 20.5 Å². The Labute approximate surface area is 183 Å². The number of likely N-dealkylation sites (tertiary alicyclic amines) is 1. The van der Waals surface area contributed by atoms with Gasteiger partial charge in [-0.15, -0.1) is 0 Å². The summed E-state index contributed by atoms with van der Waals surface area (Å²) in [6.45, 7) is 4.85. The predicted octanol–water partition coefficient (Wildman–Crippen LogP) is 3.89. The van der Waals surface area contributed by atoms with E-state index < -0.39 is 0 Å². The maximum atomic E-state index is 13.9. The van der Waals surface area contributed by atoms with Gasteiger partial charge in [-0.3, -0.25) is 9.89 Å². The molecule has 2 aliphatic heterocycles. The number of nitrogens with one attached hydrogen (secondary N) is 2. The van der Waals surface area contributed by atoms with Gasteiger partial charge in [-0.25, -0.2) is 4.39 Å². The van der Waals surface area contributed by atoms with Crippen molar-refractivity contribution in [3.8, 4) is 11.5 Å². The Morgan fingerprint density at radius 1 is 1.10 bits per heavy atom. The fourth-order valence-corrected chi connectivity index (χ4v) is 4.01. The molecule has 0 amide bonds. The fraction of sp³-hybridized carbons (Fsp3) is 0.458. The van der Waals surface area contributed by atoms with E-state index in [1.807, 2.05) is 30.3 Å². The van der Waals surface area contributed by atoms with Crippen LogP contribution in [-0.4, -0.2) is 50.8 Å². The van der Waals surface area contributed by atoms with Crippen LogP contribution in [0.1, 0.15) is 24.8 Å². The third-order valence-electron chi connectivity index (χ3n) is 5.85. The lowest BCUT2D eigenvalue weighted by atomic mass is 9.96. The van der Waals surface area contributed by atoms with Gasteiger partial charge in [0.25, 0.3) is 0 Å². The smallest absolute Gasteiger partial charge is 0.195 e. The predicted molar refractivity (Wildman–Crippen MR) is 121 cm³/mol. The standard InChI is InChI=1S/C24H31FN4O2/c1-26-24(28-20-7-8-22-23(15-20)31-14-4-13-30-22)27-16-18-9-11-29(12-10-18)17-19-5-2-3-6-21(19)25/h2-3,5-8,15,18H,4,9-14,16-17H2,1H3,(H2,26,27,28). The average Bonchev–Trinajstić information content (AvgIpc) is 3.04. The summed E-state index contributed by atoms with van der Waals surface area (Å²) in [5, 5.41) is 6.78. The van der Waals surface area contributed by atoms with Gasteiger partial charge in [0.15, 0.2) is 17.5 Å².